The Morgan fingerprint density at radius 3 is 2.45 bits per heavy atom. The highest BCUT2D eigenvalue weighted by Crippen LogP contribution is 1.91. The van der Waals surface area contributed by atoms with Gasteiger partial charge in [-0.15, -0.1) is 0 Å². The van der Waals surface area contributed by atoms with Gasteiger partial charge < -0.3 is 9.47 Å². The molecule has 0 bridgehead atoms. The van der Waals surface area contributed by atoms with Gasteiger partial charge in [0.05, 0.1) is 20.1 Å². The molecule has 0 fully saturated rings. The number of carbonyl (C=O) groups excluding carboxylic acids is 2. The molecule has 0 unspecified atom stereocenters. The molecule has 0 heterocycles. The third-order valence-electron chi connectivity index (χ3n) is 0.912. The lowest BCUT2D eigenvalue weighted by molar-refractivity contribution is -0.143. The van der Waals surface area contributed by atoms with E-state index in [1.807, 2.05) is 0 Å². The van der Waals surface area contributed by atoms with Gasteiger partial charge in [0, 0.05) is 0 Å². The van der Waals surface area contributed by atoms with Crippen LogP contribution in [0.5, 0.6) is 0 Å². The molecule has 11 heavy (non-hydrogen) atoms. The Morgan fingerprint density at radius 1 is 1.36 bits per heavy atom. The highest BCUT2D eigenvalue weighted by atomic mass is 16.7. The van der Waals surface area contributed by atoms with E-state index in [1.54, 1.807) is 0 Å². The molecule has 0 aromatic rings. The van der Waals surface area contributed by atoms with Gasteiger partial charge in [0.25, 0.3) is 0 Å². The zero-order valence-electron chi connectivity index (χ0n) is 6.16. The van der Waals surface area contributed by atoms with Crippen molar-refractivity contribution < 1.29 is 24.2 Å². The van der Waals surface area contributed by atoms with Gasteiger partial charge in [-0.25, -0.2) is 14.7 Å². The maximum atomic E-state index is 10.2. The minimum Gasteiger partial charge on any atom is -0.438 e. The zero-order chi connectivity index (χ0) is 8.69. The molecule has 0 aliphatic rings. The number of methoxy groups -OCH3 is 1. The van der Waals surface area contributed by atoms with E-state index in [0.717, 1.165) is 0 Å². The first-order valence-corrected chi connectivity index (χ1v) is 3.07. The predicted molar refractivity (Wildman–Crippen MR) is 33.3 cm³/mol. The van der Waals surface area contributed by atoms with Crippen LogP contribution in [0.15, 0.2) is 0 Å². The maximum Gasteiger partial charge on any atom is 0.507 e. The average molecular weight is 161 g/mol. The molecule has 0 rings (SSSR count). The molecule has 0 aromatic heterocycles. The van der Waals surface area contributed by atoms with Crippen LogP contribution < -0.4 is 0 Å². The molecule has 0 spiro atoms. The van der Waals surface area contributed by atoms with Gasteiger partial charge in [-0.05, 0) is 6.42 Å². The number of hydrogen-bond acceptors (Lipinski definition) is 4. The minimum absolute atomic E-state index is 0.0423. The summed E-state index contributed by atoms with van der Waals surface area (Å²) in [5, 5.41) is 9.83. The topological polar surface area (TPSA) is 72.5 Å². The van der Waals surface area contributed by atoms with E-state index in [0.29, 0.717) is 0 Å². The lowest BCUT2D eigenvalue weighted by Crippen LogP contribution is -2.06. The van der Waals surface area contributed by atoms with Crippen LogP contribution in [0.2, 0.25) is 0 Å². The van der Waals surface area contributed by atoms with Crippen LogP contribution >= 0.6 is 0 Å². The van der Waals surface area contributed by atoms with Crippen molar-refractivity contribution >= 4 is 12.1 Å². The van der Waals surface area contributed by atoms with Crippen molar-refractivity contribution in [2.75, 3.05) is 13.7 Å². The first-order valence-electron chi connectivity index (χ1n) is 3.07. The molecule has 1 radical (unpaired) electrons. The van der Waals surface area contributed by atoms with Gasteiger partial charge in [0.15, 0.2) is 0 Å². The van der Waals surface area contributed by atoms with Gasteiger partial charge in [0.2, 0.25) is 0 Å². The zero-order valence-corrected chi connectivity index (χ0v) is 6.16. The van der Waals surface area contributed by atoms with Crippen molar-refractivity contribution in [1.29, 1.82) is 0 Å². The van der Waals surface area contributed by atoms with Crippen LogP contribution in [0.4, 0.5) is 4.79 Å². The Hall–Kier alpha value is -1.26. The van der Waals surface area contributed by atoms with Crippen LogP contribution in [0.25, 0.3) is 0 Å². The molecule has 0 N–H and O–H groups in total. The van der Waals surface area contributed by atoms with Crippen molar-refractivity contribution in [3.63, 3.8) is 0 Å². The van der Waals surface area contributed by atoms with E-state index in [-0.39, 0.29) is 19.4 Å². The summed E-state index contributed by atoms with van der Waals surface area (Å²) in [5.74, 6) is -1.15. The van der Waals surface area contributed by atoms with Gasteiger partial charge in [0.1, 0.15) is 0 Å². The van der Waals surface area contributed by atoms with E-state index >= 15 is 0 Å². The monoisotopic (exact) mass is 161 g/mol. The summed E-state index contributed by atoms with van der Waals surface area (Å²) in [4.78, 5) is 20.1. The first-order chi connectivity index (χ1) is 5.16. The second-order valence-electron chi connectivity index (χ2n) is 1.78. The fourth-order valence-electron chi connectivity index (χ4n) is 0.431. The van der Waals surface area contributed by atoms with Crippen molar-refractivity contribution in [1.82, 2.24) is 0 Å². The van der Waals surface area contributed by atoms with Crippen molar-refractivity contribution in [3.05, 3.63) is 0 Å². The third kappa shape index (κ3) is 6.63. The fraction of sp³-hybridized carbons (Fsp3) is 0.667. The molecule has 0 aromatic carbocycles. The van der Waals surface area contributed by atoms with Gasteiger partial charge in [-0.3, -0.25) is 0 Å². The number of rotatable bonds is 4. The summed E-state index contributed by atoms with van der Waals surface area (Å²) in [6.07, 6.45) is -0.669. The molecule has 0 atom stereocenters. The maximum absolute atomic E-state index is 10.2. The van der Waals surface area contributed by atoms with Gasteiger partial charge in [-0.1, -0.05) is 0 Å². The van der Waals surface area contributed by atoms with Crippen LogP contribution in [0.3, 0.4) is 0 Å². The Balaban J connectivity index is 3.14. The minimum atomic E-state index is -1.15. The normalized spacial score (nSPS) is 8.82. The second kappa shape index (κ2) is 5.52. The summed E-state index contributed by atoms with van der Waals surface area (Å²) >= 11 is 0. The molecule has 0 saturated carbocycles. The van der Waals surface area contributed by atoms with Crippen molar-refractivity contribution in [3.8, 4) is 0 Å². The standard InChI is InChI=1S/C6H9O5/c1-10-6(9)11-4-2-3-5(7)8/h2-4H2,1H3. The van der Waals surface area contributed by atoms with Crippen LogP contribution in [0, 0.1) is 0 Å². The molecule has 63 valence electrons. The van der Waals surface area contributed by atoms with E-state index in [1.165, 1.54) is 7.11 Å². The first kappa shape index (κ1) is 9.74. The molecule has 0 saturated heterocycles. The highest BCUT2D eigenvalue weighted by molar-refractivity contribution is 5.66. The van der Waals surface area contributed by atoms with Crippen molar-refractivity contribution in [2.45, 2.75) is 12.8 Å². The van der Waals surface area contributed by atoms with E-state index in [2.05, 4.69) is 9.47 Å². The molecule has 5 heteroatoms. The molecule has 5 nitrogen and oxygen atoms in total. The smallest absolute Gasteiger partial charge is 0.438 e. The summed E-state index contributed by atoms with van der Waals surface area (Å²) in [5.41, 5.74) is 0. The van der Waals surface area contributed by atoms with Gasteiger partial charge in [-0.2, -0.15) is 0 Å². The Kier molecular flexibility index (Phi) is 4.89. The fourth-order valence-corrected chi connectivity index (χ4v) is 0.431. The van der Waals surface area contributed by atoms with Gasteiger partial charge >= 0.3 is 12.1 Å². The predicted octanol–water partition coefficient (Wildman–Crippen LogP) is 0.507. The van der Waals surface area contributed by atoms with Crippen molar-refractivity contribution in [2.24, 2.45) is 0 Å². The average Bonchev–Trinajstić information content (AvgIpc) is 1.97. The number of hydrogen-bond donors (Lipinski definition) is 0. The molecule has 0 aliphatic carbocycles. The Bertz CT molecular complexity index is 142. The molecular weight excluding hydrogens is 152 g/mol. The highest BCUT2D eigenvalue weighted by Gasteiger charge is 2.02. The lowest BCUT2D eigenvalue weighted by atomic mass is 10.3. The number of carbonyl (C=O) groups is 2. The second-order valence-corrected chi connectivity index (χ2v) is 1.78. The number of ether oxygens (including phenoxy) is 2. The van der Waals surface area contributed by atoms with E-state index in [9.17, 15) is 14.7 Å². The van der Waals surface area contributed by atoms with Crippen LogP contribution in [-0.2, 0) is 19.4 Å². The van der Waals surface area contributed by atoms with Crippen LogP contribution in [0.1, 0.15) is 12.8 Å². The molecule has 0 aliphatic heterocycles. The summed E-state index contributed by atoms with van der Waals surface area (Å²) in [6.45, 7) is 0.0423. The third-order valence-corrected chi connectivity index (χ3v) is 0.912. The summed E-state index contributed by atoms with van der Waals surface area (Å²) in [6, 6.07) is 0. The quantitative estimate of drug-likeness (QED) is 0.444. The SMILES string of the molecule is COC(=O)OCCCC([O])=O. The molecular formula is C6H9O5. The van der Waals surface area contributed by atoms with Crippen LogP contribution in [-0.4, -0.2) is 25.8 Å². The Labute approximate surface area is 63.9 Å². The largest absolute Gasteiger partial charge is 0.507 e. The van der Waals surface area contributed by atoms with E-state index < -0.39 is 12.1 Å². The summed E-state index contributed by atoms with van der Waals surface area (Å²) < 4.78 is 8.52. The Morgan fingerprint density at radius 2 is 2.00 bits per heavy atom. The molecule has 0 amide bonds. The van der Waals surface area contributed by atoms with E-state index in [4.69, 9.17) is 0 Å². The summed E-state index contributed by atoms with van der Waals surface area (Å²) in [7, 11) is 1.18. The lowest BCUT2D eigenvalue weighted by Gasteiger charge is -1.99.